The normalized spacial score (nSPS) is 12.1. The maximum Gasteiger partial charge on any atom is 0.152 e. The second-order valence-corrected chi connectivity index (χ2v) is 5.57. The fraction of sp³-hybridized carbons (Fsp3) is 0.643. The fourth-order valence-corrected chi connectivity index (χ4v) is 2.89. The van der Waals surface area contributed by atoms with Crippen molar-refractivity contribution in [3.05, 3.63) is 22.4 Å². The van der Waals surface area contributed by atoms with Crippen molar-refractivity contribution in [1.82, 2.24) is 4.90 Å². The molecule has 2 nitrogen and oxygen atoms in total. The van der Waals surface area contributed by atoms with Crippen LogP contribution in [-0.4, -0.2) is 29.3 Å². The number of aryl methyl sites for hydroxylation is 1. The van der Waals surface area contributed by atoms with Crippen molar-refractivity contribution in [2.75, 3.05) is 13.1 Å². The highest BCUT2D eigenvalue weighted by atomic mass is 32.1. The Balaban J connectivity index is 2.56. The maximum absolute atomic E-state index is 12.3. The van der Waals surface area contributed by atoms with Gasteiger partial charge in [-0.25, -0.2) is 0 Å². The number of rotatable bonds is 7. The Morgan fingerprint density at radius 1 is 1.35 bits per heavy atom. The Labute approximate surface area is 109 Å². The minimum Gasteiger partial charge on any atom is -0.298 e. The minimum atomic E-state index is -0.334. The molecule has 17 heavy (non-hydrogen) atoms. The number of hydrogen-bond acceptors (Lipinski definition) is 3. The molecule has 0 radical (unpaired) electrons. The lowest BCUT2D eigenvalue weighted by Gasteiger charge is -2.35. The van der Waals surface area contributed by atoms with E-state index in [9.17, 15) is 4.79 Å². The first-order chi connectivity index (χ1) is 8.02. The monoisotopic (exact) mass is 253 g/mol. The number of ketones is 1. The lowest BCUT2D eigenvalue weighted by molar-refractivity contribution is -0.129. The highest BCUT2D eigenvalue weighted by Crippen LogP contribution is 2.19. The van der Waals surface area contributed by atoms with Crippen molar-refractivity contribution in [2.24, 2.45) is 0 Å². The van der Waals surface area contributed by atoms with E-state index >= 15 is 0 Å². The van der Waals surface area contributed by atoms with Gasteiger partial charge in [0, 0.05) is 6.42 Å². The summed E-state index contributed by atoms with van der Waals surface area (Å²) in [7, 11) is 0. The van der Waals surface area contributed by atoms with Crippen molar-refractivity contribution in [1.29, 1.82) is 0 Å². The third kappa shape index (κ3) is 3.65. The molecule has 1 rings (SSSR count). The molecule has 96 valence electrons. The Morgan fingerprint density at radius 2 is 2.00 bits per heavy atom. The first-order valence-corrected chi connectivity index (χ1v) is 7.26. The van der Waals surface area contributed by atoms with Crippen molar-refractivity contribution >= 4 is 17.1 Å². The van der Waals surface area contributed by atoms with Gasteiger partial charge in [0.25, 0.3) is 0 Å². The summed E-state index contributed by atoms with van der Waals surface area (Å²) in [4.78, 5) is 14.5. The molecule has 0 saturated carbocycles. The predicted molar refractivity (Wildman–Crippen MR) is 74.6 cm³/mol. The van der Waals surface area contributed by atoms with Gasteiger partial charge >= 0.3 is 0 Å². The Kier molecular flexibility index (Phi) is 5.34. The van der Waals surface area contributed by atoms with Gasteiger partial charge in [-0.05, 0) is 55.7 Å². The average Bonchev–Trinajstić information content (AvgIpc) is 2.79. The number of likely N-dealkylation sites (N-methyl/N-ethyl adjacent to an activating group) is 1. The number of carbonyl (C=O) groups is 1. The van der Waals surface area contributed by atoms with Gasteiger partial charge in [-0.15, -0.1) is 0 Å². The van der Waals surface area contributed by atoms with Crippen LogP contribution in [0, 0.1) is 0 Å². The van der Waals surface area contributed by atoms with Gasteiger partial charge in [-0.1, -0.05) is 13.8 Å². The lowest BCUT2D eigenvalue weighted by atomic mass is 9.92. The molecule has 0 saturated heterocycles. The largest absolute Gasteiger partial charge is 0.298 e. The molecule has 3 heteroatoms. The van der Waals surface area contributed by atoms with Crippen LogP contribution in [0.4, 0.5) is 0 Å². The summed E-state index contributed by atoms with van der Waals surface area (Å²) in [6.45, 7) is 10.1. The molecule has 1 heterocycles. The molecule has 1 aromatic heterocycles. The standard InChI is InChI=1S/C14H23NOS/c1-5-15(6-2)14(3,4)13(16)8-7-12-9-10-17-11-12/h9-11H,5-8H2,1-4H3. The molecular weight excluding hydrogens is 230 g/mol. The summed E-state index contributed by atoms with van der Waals surface area (Å²) >= 11 is 1.69. The number of hydrogen-bond donors (Lipinski definition) is 0. The molecule has 0 aliphatic carbocycles. The minimum absolute atomic E-state index is 0.334. The second kappa shape index (κ2) is 6.31. The smallest absolute Gasteiger partial charge is 0.152 e. The summed E-state index contributed by atoms with van der Waals surface area (Å²) < 4.78 is 0. The van der Waals surface area contributed by atoms with Gasteiger partial charge < -0.3 is 0 Å². The van der Waals surface area contributed by atoms with E-state index in [2.05, 4.69) is 35.6 Å². The molecule has 0 atom stereocenters. The maximum atomic E-state index is 12.3. The van der Waals surface area contributed by atoms with E-state index in [1.165, 1.54) is 5.56 Å². The van der Waals surface area contributed by atoms with E-state index in [4.69, 9.17) is 0 Å². The van der Waals surface area contributed by atoms with E-state index in [-0.39, 0.29) is 5.54 Å². The molecule has 0 aliphatic rings. The zero-order chi connectivity index (χ0) is 12.9. The van der Waals surface area contributed by atoms with Crippen LogP contribution in [0.15, 0.2) is 16.8 Å². The SMILES string of the molecule is CCN(CC)C(C)(C)C(=O)CCc1ccsc1. The number of carbonyl (C=O) groups excluding carboxylic acids is 1. The predicted octanol–water partition coefficient (Wildman–Crippen LogP) is 3.37. The topological polar surface area (TPSA) is 20.3 Å². The molecule has 0 aliphatic heterocycles. The summed E-state index contributed by atoms with van der Waals surface area (Å²) in [5.74, 6) is 0.340. The number of thiophene rings is 1. The molecule has 0 amide bonds. The summed E-state index contributed by atoms with van der Waals surface area (Å²) in [6, 6.07) is 2.10. The van der Waals surface area contributed by atoms with Gasteiger partial charge in [0.1, 0.15) is 0 Å². The molecule has 0 spiro atoms. The van der Waals surface area contributed by atoms with Crippen LogP contribution in [0.1, 0.15) is 39.7 Å². The van der Waals surface area contributed by atoms with Gasteiger partial charge in [0.15, 0.2) is 5.78 Å². The van der Waals surface area contributed by atoms with Gasteiger partial charge in [0.2, 0.25) is 0 Å². The van der Waals surface area contributed by atoms with Crippen molar-refractivity contribution in [2.45, 2.75) is 46.1 Å². The number of Topliss-reactive ketones (excluding diaryl/α,β-unsaturated/α-hetero) is 1. The van der Waals surface area contributed by atoms with E-state index in [0.717, 1.165) is 19.5 Å². The van der Waals surface area contributed by atoms with Crippen LogP contribution < -0.4 is 0 Å². The molecule has 0 bridgehead atoms. The highest BCUT2D eigenvalue weighted by molar-refractivity contribution is 7.07. The first-order valence-electron chi connectivity index (χ1n) is 6.31. The molecule has 0 unspecified atom stereocenters. The van der Waals surface area contributed by atoms with Crippen molar-refractivity contribution in [3.63, 3.8) is 0 Å². The lowest BCUT2D eigenvalue weighted by Crippen LogP contribution is -2.50. The van der Waals surface area contributed by atoms with Gasteiger partial charge in [-0.2, -0.15) is 11.3 Å². The summed E-state index contributed by atoms with van der Waals surface area (Å²) in [5, 5.41) is 4.19. The van der Waals surface area contributed by atoms with Crippen LogP contribution in [0.2, 0.25) is 0 Å². The zero-order valence-electron chi connectivity index (χ0n) is 11.3. The molecular formula is C14H23NOS. The van der Waals surface area contributed by atoms with Crippen molar-refractivity contribution < 1.29 is 4.79 Å². The van der Waals surface area contributed by atoms with E-state index in [1.807, 2.05) is 13.8 Å². The fourth-order valence-electron chi connectivity index (χ4n) is 2.19. The Morgan fingerprint density at radius 3 is 2.47 bits per heavy atom. The van der Waals surface area contributed by atoms with Crippen LogP contribution >= 0.6 is 11.3 Å². The van der Waals surface area contributed by atoms with Gasteiger partial charge in [0.05, 0.1) is 5.54 Å². The second-order valence-electron chi connectivity index (χ2n) is 4.79. The van der Waals surface area contributed by atoms with E-state index in [0.29, 0.717) is 12.2 Å². The molecule has 0 aromatic carbocycles. The summed E-state index contributed by atoms with van der Waals surface area (Å²) in [6.07, 6.45) is 1.51. The highest BCUT2D eigenvalue weighted by Gasteiger charge is 2.31. The van der Waals surface area contributed by atoms with Crippen LogP contribution in [0.25, 0.3) is 0 Å². The van der Waals surface area contributed by atoms with E-state index in [1.54, 1.807) is 11.3 Å². The quantitative estimate of drug-likeness (QED) is 0.742. The first kappa shape index (κ1) is 14.4. The molecule has 0 N–H and O–H groups in total. The van der Waals surface area contributed by atoms with Crippen LogP contribution in [-0.2, 0) is 11.2 Å². The molecule has 1 aromatic rings. The van der Waals surface area contributed by atoms with Crippen LogP contribution in [0.5, 0.6) is 0 Å². The number of nitrogens with zero attached hydrogens (tertiary/aromatic N) is 1. The van der Waals surface area contributed by atoms with Gasteiger partial charge in [-0.3, -0.25) is 9.69 Å². The van der Waals surface area contributed by atoms with E-state index < -0.39 is 0 Å². The Bertz CT molecular complexity index is 339. The average molecular weight is 253 g/mol. The third-order valence-electron chi connectivity index (χ3n) is 3.46. The Hall–Kier alpha value is -0.670. The summed E-state index contributed by atoms with van der Waals surface area (Å²) in [5.41, 5.74) is 0.943. The molecule has 0 fully saturated rings. The van der Waals surface area contributed by atoms with Crippen molar-refractivity contribution in [3.8, 4) is 0 Å². The third-order valence-corrected chi connectivity index (χ3v) is 4.19. The van der Waals surface area contributed by atoms with Crippen LogP contribution in [0.3, 0.4) is 0 Å². The zero-order valence-corrected chi connectivity index (χ0v) is 12.1.